The second-order valence-corrected chi connectivity index (χ2v) is 6.79. The normalized spacial score (nSPS) is 15.4. The Hall–Kier alpha value is -2.86. The average Bonchev–Trinajstić information content (AvgIpc) is 3.03. The summed E-state index contributed by atoms with van der Waals surface area (Å²) in [6, 6.07) is 30.3. The summed E-state index contributed by atoms with van der Waals surface area (Å²) in [6.07, 6.45) is 2.44. The predicted octanol–water partition coefficient (Wildman–Crippen LogP) is 6.71. The molecular formula is C25H22. The summed E-state index contributed by atoms with van der Waals surface area (Å²) in [5.41, 5.74) is 9.49. The molecule has 0 unspecified atom stereocenters. The molecule has 0 aromatic heterocycles. The molecule has 122 valence electrons. The van der Waals surface area contributed by atoms with Crippen molar-refractivity contribution in [2.75, 3.05) is 0 Å². The van der Waals surface area contributed by atoms with Crippen molar-refractivity contribution in [3.05, 3.63) is 119 Å². The minimum Gasteiger partial charge on any atom is -0.0717 e. The maximum Gasteiger partial charge on any atom is 0.0290 e. The Kier molecular flexibility index (Phi) is 4.11. The summed E-state index contributed by atoms with van der Waals surface area (Å²) < 4.78 is 0. The first-order chi connectivity index (χ1) is 12.3. The molecule has 0 heteroatoms. The van der Waals surface area contributed by atoms with E-state index in [4.69, 9.17) is 0 Å². The van der Waals surface area contributed by atoms with Crippen LogP contribution in [0.2, 0.25) is 0 Å². The van der Waals surface area contributed by atoms with Gasteiger partial charge >= 0.3 is 0 Å². The van der Waals surface area contributed by atoms with Crippen molar-refractivity contribution in [3.8, 4) is 0 Å². The summed E-state index contributed by atoms with van der Waals surface area (Å²) in [5.74, 6) is 0.304. The Bertz CT molecular complexity index is 940. The summed E-state index contributed by atoms with van der Waals surface area (Å²) in [7, 11) is 0. The molecule has 1 aliphatic carbocycles. The Balaban J connectivity index is 1.90. The summed E-state index contributed by atoms with van der Waals surface area (Å²) in [5, 5.41) is 0. The molecule has 0 spiro atoms. The van der Waals surface area contributed by atoms with E-state index in [0.717, 1.165) is 0 Å². The van der Waals surface area contributed by atoms with E-state index < -0.39 is 0 Å². The highest BCUT2D eigenvalue weighted by molar-refractivity contribution is 5.91. The molecular weight excluding hydrogens is 300 g/mol. The first kappa shape index (κ1) is 15.7. The fourth-order valence-corrected chi connectivity index (χ4v) is 3.86. The predicted molar refractivity (Wildman–Crippen MR) is 107 cm³/mol. The zero-order valence-corrected chi connectivity index (χ0v) is 14.7. The quantitative estimate of drug-likeness (QED) is 0.503. The van der Waals surface area contributed by atoms with E-state index in [-0.39, 0.29) is 0 Å². The van der Waals surface area contributed by atoms with Crippen LogP contribution in [0.4, 0.5) is 0 Å². The SMILES string of the molecule is CC(C)=C(c1ccccc1)[C@H]1C=C(c2ccccc2)c2ccccc21. The highest BCUT2D eigenvalue weighted by Gasteiger charge is 2.27. The van der Waals surface area contributed by atoms with Gasteiger partial charge in [-0.2, -0.15) is 0 Å². The molecule has 0 heterocycles. The third kappa shape index (κ3) is 2.85. The van der Waals surface area contributed by atoms with Crippen LogP contribution in [0, 0.1) is 0 Å². The molecule has 25 heavy (non-hydrogen) atoms. The van der Waals surface area contributed by atoms with Crippen molar-refractivity contribution in [2.24, 2.45) is 0 Å². The van der Waals surface area contributed by atoms with E-state index in [9.17, 15) is 0 Å². The lowest BCUT2D eigenvalue weighted by molar-refractivity contribution is 1.10. The van der Waals surface area contributed by atoms with Crippen LogP contribution in [0.5, 0.6) is 0 Å². The monoisotopic (exact) mass is 322 g/mol. The molecule has 0 amide bonds. The van der Waals surface area contributed by atoms with E-state index in [2.05, 4.69) is 105 Å². The van der Waals surface area contributed by atoms with Gasteiger partial charge in [0.25, 0.3) is 0 Å². The minimum absolute atomic E-state index is 0.304. The van der Waals surface area contributed by atoms with Crippen molar-refractivity contribution in [2.45, 2.75) is 19.8 Å². The van der Waals surface area contributed by atoms with Crippen LogP contribution in [0.3, 0.4) is 0 Å². The Morgan fingerprint density at radius 2 is 1.28 bits per heavy atom. The minimum atomic E-state index is 0.304. The lowest BCUT2D eigenvalue weighted by Gasteiger charge is -2.18. The van der Waals surface area contributed by atoms with Gasteiger partial charge in [0.2, 0.25) is 0 Å². The number of allylic oxidation sites excluding steroid dienone is 3. The average molecular weight is 322 g/mol. The summed E-state index contributed by atoms with van der Waals surface area (Å²) in [6.45, 7) is 4.44. The van der Waals surface area contributed by atoms with Crippen molar-refractivity contribution in [1.29, 1.82) is 0 Å². The molecule has 0 aliphatic heterocycles. The van der Waals surface area contributed by atoms with Crippen LogP contribution >= 0.6 is 0 Å². The second kappa shape index (κ2) is 6.57. The van der Waals surface area contributed by atoms with Crippen LogP contribution in [0.1, 0.15) is 42.0 Å². The highest BCUT2D eigenvalue weighted by Crippen LogP contribution is 2.46. The van der Waals surface area contributed by atoms with E-state index in [0.29, 0.717) is 5.92 Å². The number of hydrogen-bond donors (Lipinski definition) is 0. The highest BCUT2D eigenvalue weighted by atomic mass is 14.3. The number of fused-ring (bicyclic) bond motifs is 1. The maximum absolute atomic E-state index is 2.44. The van der Waals surface area contributed by atoms with Gasteiger partial charge in [0.15, 0.2) is 0 Å². The largest absolute Gasteiger partial charge is 0.0717 e. The molecule has 0 saturated carbocycles. The van der Waals surface area contributed by atoms with Crippen LogP contribution in [-0.4, -0.2) is 0 Å². The molecule has 0 saturated heterocycles. The smallest absolute Gasteiger partial charge is 0.0290 e. The lowest BCUT2D eigenvalue weighted by Crippen LogP contribution is -1.99. The van der Waals surface area contributed by atoms with Gasteiger partial charge < -0.3 is 0 Å². The van der Waals surface area contributed by atoms with Crippen LogP contribution in [0.15, 0.2) is 96.6 Å². The molecule has 0 bridgehead atoms. The van der Waals surface area contributed by atoms with E-state index in [1.807, 2.05) is 0 Å². The topological polar surface area (TPSA) is 0 Å². The van der Waals surface area contributed by atoms with Gasteiger partial charge in [0, 0.05) is 5.92 Å². The lowest BCUT2D eigenvalue weighted by atomic mass is 9.85. The third-order valence-electron chi connectivity index (χ3n) is 4.94. The molecule has 0 nitrogen and oxygen atoms in total. The molecule has 1 atom stereocenters. The fraction of sp³-hybridized carbons (Fsp3) is 0.120. The van der Waals surface area contributed by atoms with Crippen molar-refractivity contribution in [3.63, 3.8) is 0 Å². The van der Waals surface area contributed by atoms with Crippen LogP contribution in [0.25, 0.3) is 11.1 Å². The molecule has 0 fully saturated rings. The first-order valence-electron chi connectivity index (χ1n) is 8.85. The van der Waals surface area contributed by atoms with Gasteiger partial charge in [-0.25, -0.2) is 0 Å². The van der Waals surface area contributed by atoms with Crippen molar-refractivity contribution >= 4 is 11.1 Å². The summed E-state index contributed by atoms with van der Waals surface area (Å²) >= 11 is 0. The summed E-state index contributed by atoms with van der Waals surface area (Å²) in [4.78, 5) is 0. The molecule has 4 rings (SSSR count). The molecule has 3 aromatic carbocycles. The standard InChI is InChI=1S/C25H22/c1-18(2)25(20-13-7-4-8-14-20)24-17-23(19-11-5-3-6-12-19)21-15-9-10-16-22(21)24/h3-17,24H,1-2H3/t24-/m0/s1. The van der Waals surface area contributed by atoms with Gasteiger partial charge in [-0.05, 0) is 47.2 Å². The van der Waals surface area contributed by atoms with Crippen LogP contribution in [-0.2, 0) is 0 Å². The zero-order chi connectivity index (χ0) is 17.2. The first-order valence-corrected chi connectivity index (χ1v) is 8.85. The zero-order valence-electron chi connectivity index (χ0n) is 14.7. The fourth-order valence-electron chi connectivity index (χ4n) is 3.86. The second-order valence-electron chi connectivity index (χ2n) is 6.79. The van der Waals surface area contributed by atoms with Crippen molar-refractivity contribution < 1.29 is 0 Å². The Morgan fingerprint density at radius 3 is 1.96 bits per heavy atom. The molecule has 3 aromatic rings. The van der Waals surface area contributed by atoms with E-state index in [1.165, 1.54) is 39.0 Å². The number of benzene rings is 3. The maximum atomic E-state index is 2.44. The molecule has 1 aliphatic rings. The van der Waals surface area contributed by atoms with Crippen molar-refractivity contribution in [1.82, 2.24) is 0 Å². The number of rotatable bonds is 3. The molecule has 0 radical (unpaired) electrons. The van der Waals surface area contributed by atoms with Gasteiger partial charge in [-0.15, -0.1) is 0 Å². The molecule has 0 N–H and O–H groups in total. The van der Waals surface area contributed by atoms with E-state index in [1.54, 1.807) is 0 Å². The Morgan fingerprint density at radius 1 is 0.680 bits per heavy atom. The van der Waals surface area contributed by atoms with Crippen LogP contribution < -0.4 is 0 Å². The van der Waals surface area contributed by atoms with Gasteiger partial charge in [0.05, 0.1) is 0 Å². The Labute approximate surface area is 150 Å². The van der Waals surface area contributed by atoms with E-state index >= 15 is 0 Å². The number of hydrogen-bond acceptors (Lipinski definition) is 0. The van der Waals surface area contributed by atoms with Gasteiger partial charge in [0.1, 0.15) is 0 Å². The third-order valence-corrected chi connectivity index (χ3v) is 4.94. The van der Waals surface area contributed by atoms with Gasteiger partial charge in [-0.3, -0.25) is 0 Å². The van der Waals surface area contributed by atoms with Gasteiger partial charge in [-0.1, -0.05) is 96.6 Å².